The van der Waals surface area contributed by atoms with E-state index in [1.54, 1.807) is 4.68 Å². The molecule has 2 aliphatic rings. The number of tetrazole rings is 1. The maximum absolute atomic E-state index is 12.6. The number of nitrogens with one attached hydrogen (secondary N) is 1. The molecule has 0 aliphatic carbocycles. The van der Waals surface area contributed by atoms with Crippen molar-refractivity contribution in [1.29, 1.82) is 0 Å². The third kappa shape index (κ3) is 3.31. The number of fused-ring (bicyclic) bond motifs is 1. The third-order valence-electron chi connectivity index (χ3n) is 5.09. The first kappa shape index (κ1) is 16.7. The lowest BCUT2D eigenvalue weighted by Gasteiger charge is -2.16. The summed E-state index contributed by atoms with van der Waals surface area (Å²) in [4.78, 5) is 26.3. The fraction of sp³-hybridized carbons (Fsp3) is 0.500. The molecule has 1 N–H and O–H groups in total. The van der Waals surface area contributed by atoms with Gasteiger partial charge in [0.1, 0.15) is 0 Å². The second-order valence-electron chi connectivity index (χ2n) is 6.84. The minimum Gasteiger partial charge on any atom is -0.351 e. The van der Waals surface area contributed by atoms with Crippen LogP contribution in [0.3, 0.4) is 0 Å². The molecule has 8 heteroatoms. The Morgan fingerprint density at radius 2 is 2.00 bits per heavy atom. The molecule has 2 aliphatic heterocycles. The van der Waals surface area contributed by atoms with E-state index in [4.69, 9.17) is 0 Å². The van der Waals surface area contributed by atoms with Crippen molar-refractivity contribution in [3.05, 3.63) is 35.7 Å². The molecule has 1 aromatic heterocycles. The Hall–Kier alpha value is -2.77. The van der Waals surface area contributed by atoms with E-state index in [1.807, 2.05) is 29.2 Å². The van der Waals surface area contributed by atoms with Crippen molar-refractivity contribution in [2.24, 2.45) is 0 Å². The minimum atomic E-state index is -0.297. The van der Waals surface area contributed by atoms with Gasteiger partial charge in [-0.25, -0.2) is 4.68 Å². The summed E-state index contributed by atoms with van der Waals surface area (Å²) in [6.45, 7) is 2.00. The zero-order valence-corrected chi connectivity index (χ0v) is 14.6. The summed E-state index contributed by atoms with van der Waals surface area (Å²) >= 11 is 0. The molecule has 26 heavy (non-hydrogen) atoms. The summed E-state index contributed by atoms with van der Waals surface area (Å²) in [6.07, 6.45) is 4.26. The molecule has 2 aromatic rings. The maximum atomic E-state index is 12.6. The number of aryl methyl sites for hydroxylation is 1. The average molecular weight is 354 g/mol. The quantitative estimate of drug-likeness (QED) is 0.895. The Labute approximate surface area is 151 Å². The molecule has 1 saturated heterocycles. The smallest absolute Gasteiger partial charge is 0.231 e. The van der Waals surface area contributed by atoms with Gasteiger partial charge in [0, 0.05) is 31.7 Å². The summed E-state index contributed by atoms with van der Waals surface area (Å²) in [5.74, 6) is 0.496. The van der Waals surface area contributed by atoms with E-state index in [9.17, 15) is 9.59 Å². The first-order valence-electron chi connectivity index (χ1n) is 9.15. The van der Waals surface area contributed by atoms with Crippen LogP contribution in [0.1, 0.15) is 49.4 Å². The van der Waals surface area contributed by atoms with Crippen molar-refractivity contribution in [1.82, 2.24) is 25.5 Å². The van der Waals surface area contributed by atoms with Gasteiger partial charge in [0.25, 0.3) is 0 Å². The second kappa shape index (κ2) is 7.23. The van der Waals surface area contributed by atoms with E-state index in [0.717, 1.165) is 50.0 Å². The van der Waals surface area contributed by atoms with Gasteiger partial charge in [-0.3, -0.25) is 9.59 Å². The van der Waals surface area contributed by atoms with Crippen LogP contribution in [0, 0.1) is 0 Å². The lowest BCUT2D eigenvalue weighted by Crippen LogP contribution is -2.30. The summed E-state index contributed by atoms with van der Waals surface area (Å²) in [6, 6.07) is 7.80. The number of rotatable bonds is 4. The Balaban J connectivity index is 1.38. The van der Waals surface area contributed by atoms with Crippen molar-refractivity contribution < 1.29 is 9.59 Å². The van der Waals surface area contributed by atoms with Gasteiger partial charge in [0.2, 0.25) is 11.8 Å². The van der Waals surface area contributed by atoms with Crippen molar-refractivity contribution in [3.8, 4) is 0 Å². The number of benzene rings is 1. The Morgan fingerprint density at radius 3 is 2.77 bits per heavy atom. The SMILES string of the molecule is O=C(NCc1ccc(N2CCCC2=O)cc1)[C@@H]1CCCCn2nnnc21. The van der Waals surface area contributed by atoms with E-state index in [2.05, 4.69) is 20.8 Å². The Kier molecular flexibility index (Phi) is 4.64. The number of carbonyl (C=O) groups excluding carboxylic acids is 2. The highest BCUT2D eigenvalue weighted by atomic mass is 16.2. The highest BCUT2D eigenvalue weighted by Gasteiger charge is 2.28. The van der Waals surface area contributed by atoms with E-state index in [0.29, 0.717) is 18.8 Å². The number of anilines is 1. The molecule has 4 rings (SSSR count). The average Bonchev–Trinajstić information content (AvgIpc) is 3.25. The first-order chi connectivity index (χ1) is 12.7. The largest absolute Gasteiger partial charge is 0.351 e. The van der Waals surface area contributed by atoms with Crippen LogP contribution in [0.2, 0.25) is 0 Å². The van der Waals surface area contributed by atoms with Crippen LogP contribution in [0.5, 0.6) is 0 Å². The number of aromatic nitrogens is 4. The monoisotopic (exact) mass is 354 g/mol. The molecule has 1 atom stereocenters. The van der Waals surface area contributed by atoms with Crippen molar-refractivity contribution >= 4 is 17.5 Å². The van der Waals surface area contributed by atoms with E-state index >= 15 is 0 Å². The van der Waals surface area contributed by atoms with Crippen LogP contribution in [0.25, 0.3) is 0 Å². The van der Waals surface area contributed by atoms with Gasteiger partial charge < -0.3 is 10.2 Å². The molecular weight excluding hydrogens is 332 g/mol. The number of hydrogen-bond acceptors (Lipinski definition) is 5. The molecule has 1 fully saturated rings. The highest BCUT2D eigenvalue weighted by molar-refractivity contribution is 5.95. The topological polar surface area (TPSA) is 93.0 Å². The highest BCUT2D eigenvalue weighted by Crippen LogP contribution is 2.24. The second-order valence-corrected chi connectivity index (χ2v) is 6.84. The molecule has 1 aromatic carbocycles. The standard InChI is InChI=1S/C18H22N6O2/c25-16-5-3-10-23(16)14-8-6-13(7-9-14)12-19-18(26)15-4-1-2-11-24-17(15)20-21-22-24/h6-9,15H,1-5,10-12H2,(H,19,26)/t15-/m1/s1. The molecule has 0 radical (unpaired) electrons. The van der Waals surface area contributed by atoms with Crippen LogP contribution < -0.4 is 10.2 Å². The predicted octanol–water partition coefficient (Wildman–Crippen LogP) is 1.38. The Morgan fingerprint density at radius 1 is 1.15 bits per heavy atom. The van der Waals surface area contributed by atoms with Crippen LogP contribution in [-0.4, -0.2) is 38.6 Å². The molecule has 2 amide bonds. The summed E-state index contributed by atoms with van der Waals surface area (Å²) in [7, 11) is 0. The number of hydrogen-bond donors (Lipinski definition) is 1. The van der Waals surface area contributed by atoms with Gasteiger partial charge in [-0.1, -0.05) is 18.6 Å². The van der Waals surface area contributed by atoms with Gasteiger partial charge in [-0.2, -0.15) is 0 Å². The molecular formula is C18H22N6O2. The lowest BCUT2D eigenvalue weighted by molar-refractivity contribution is -0.123. The van der Waals surface area contributed by atoms with E-state index in [1.165, 1.54) is 0 Å². The van der Waals surface area contributed by atoms with Gasteiger partial charge >= 0.3 is 0 Å². The van der Waals surface area contributed by atoms with Crippen LogP contribution in [-0.2, 0) is 22.7 Å². The van der Waals surface area contributed by atoms with Crippen molar-refractivity contribution in [3.63, 3.8) is 0 Å². The predicted molar refractivity (Wildman–Crippen MR) is 94.3 cm³/mol. The third-order valence-corrected chi connectivity index (χ3v) is 5.09. The zero-order valence-electron chi connectivity index (χ0n) is 14.6. The zero-order chi connectivity index (χ0) is 17.9. The van der Waals surface area contributed by atoms with Crippen molar-refractivity contribution in [2.75, 3.05) is 11.4 Å². The Bertz CT molecular complexity index is 800. The molecule has 136 valence electrons. The normalized spacial score (nSPS) is 19.9. The molecule has 0 spiro atoms. The fourth-order valence-electron chi connectivity index (χ4n) is 3.64. The maximum Gasteiger partial charge on any atom is 0.231 e. The molecule has 0 saturated carbocycles. The van der Waals surface area contributed by atoms with Gasteiger partial charge in [-0.15, -0.1) is 5.10 Å². The molecule has 3 heterocycles. The van der Waals surface area contributed by atoms with Gasteiger partial charge in [-0.05, 0) is 47.4 Å². The molecule has 8 nitrogen and oxygen atoms in total. The fourth-order valence-corrected chi connectivity index (χ4v) is 3.64. The summed E-state index contributed by atoms with van der Waals surface area (Å²) in [5, 5.41) is 14.7. The van der Waals surface area contributed by atoms with Crippen LogP contribution in [0.4, 0.5) is 5.69 Å². The van der Waals surface area contributed by atoms with Crippen molar-refractivity contribution in [2.45, 2.75) is 51.1 Å². The number of nitrogens with zero attached hydrogens (tertiary/aromatic N) is 5. The van der Waals surface area contributed by atoms with Crippen LogP contribution in [0.15, 0.2) is 24.3 Å². The van der Waals surface area contributed by atoms with E-state index < -0.39 is 0 Å². The van der Waals surface area contributed by atoms with E-state index in [-0.39, 0.29) is 17.7 Å². The number of amides is 2. The summed E-state index contributed by atoms with van der Waals surface area (Å²) < 4.78 is 1.74. The van der Waals surface area contributed by atoms with Gasteiger partial charge in [0.05, 0.1) is 5.92 Å². The molecule has 0 unspecified atom stereocenters. The number of carbonyl (C=O) groups is 2. The summed E-state index contributed by atoms with van der Waals surface area (Å²) in [5.41, 5.74) is 1.92. The van der Waals surface area contributed by atoms with Gasteiger partial charge in [0.15, 0.2) is 5.82 Å². The molecule has 0 bridgehead atoms. The van der Waals surface area contributed by atoms with Crippen LogP contribution >= 0.6 is 0 Å². The lowest BCUT2D eigenvalue weighted by atomic mass is 10.0. The minimum absolute atomic E-state index is 0.0400. The first-order valence-corrected chi connectivity index (χ1v) is 9.15.